The standard InChI is InChI=1S/C20H33BrIO4P/c21-15-17-26-27(23,24)25-16-10-8-6-4-2-1-3-5-7-9-12-19-13-11-14-20(22)18-19/h11,13-14,18H,1-10,12,15-17H2,(H,23,24). The maximum Gasteiger partial charge on any atom is 0.472 e. The summed E-state index contributed by atoms with van der Waals surface area (Å²) < 4.78 is 22.4. The number of hydrogen-bond acceptors (Lipinski definition) is 3. The minimum Gasteiger partial charge on any atom is -0.302 e. The van der Waals surface area contributed by atoms with Crippen LogP contribution in [0.1, 0.15) is 69.8 Å². The topological polar surface area (TPSA) is 55.8 Å². The van der Waals surface area contributed by atoms with Gasteiger partial charge in [-0.25, -0.2) is 4.57 Å². The molecule has 0 heterocycles. The lowest BCUT2D eigenvalue weighted by Gasteiger charge is -2.11. The van der Waals surface area contributed by atoms with E-state index in [0.29, 0.717) is 5.33 Å². The number of halogens is 2. The van der Waals surface area contributed by atoms with E-state index in [1.54, 1.807) is 0 Å². The second-order valence-corrected chi connectivity index (χ2v) is 10.2. The molecule has 1 unspecified atom stereocenters. The third kappa shape index (κ3) is 15.1. The van der Waals surface area contributed by atoms with Gasteiger partial charge >= 0.3 is 7.82 Å². The van der Waals surface area contributed by atoms with Gasteiger partial charge < -0.3 is 4.89 Å². The highest BCUT2D eigenvalue weighted by Gasteiger charge is 2.19. The van der Waals surface area contributed by atoms with Gasteiger partial charge in [0.25, 0.3) is 0 Å². The van der Waals surface area contributed by atoms with Crippen LogP contribution in [0.5, 0.6) is 0 Å². The van der Waals surface area contributed by atoms with Crippen LogP contribution in [0.25, 0.3) is 0 Å². The van der Waals surface area contributed by atoms with E-state index in [2.05, 4.69) is 62.8 Å². The van der Waals surface area contributed by atoms with Crippen molar-refractivity contribution in [3.8, 4) is 0 Å². The Balaban J connectivity index is 1.83. The number of unbranched alkanes of at least 4 members (excludes halogenated alkanes) is 9. The van der Waals surface area contributed by atoms with E-state index in [1.807, 2.05) is 0 Å². The fraction of sp³-hybridized carbons (Fsp3) is 0.700. The molecular weight excluding hydrogens is 542 g/mol. The molecular formula is C20H33BrIO4P. The predicted molar refractivity (Wildman–Crippen MR) is 125 cm³/mol. The van der Waals surface area contributed by atoms with Crippen molar-refractivity contribution in [2.75, 3.05) is 18.5 Å². The molecule has 27 heavy (non-hydrogen) atoms. The molecule has 0 fully saturated rings. The van der Waals surface area contributed by atoms with Crippen LogP contribution in [0.4, 0.5) is 0 Å². The van der Waals surface area contributed by atoms with Crippen molar-refractivity contribution in [3.63, 3.8) is 0 Å². The van der Waals surface area contributed by atoms with Crippen LogP contribution in [-0.2, 0) is 20.0 Å². The van der Waals surface area contributed by atoms with E-state index >= 15 is 0 Å². The highest BCUT2D eigenvalue weighted by atomic mass is 127. The molecule has 7 heteroatoms. The molecule has 1 rings (SSSR count). The van der Waals surface area contributed by atoms with Gasteiger partial charge in [-0.1, -0.05) is 79.4 Å². The molecule has 156 valence electrons. The average molecular weight is 575 g/mol. The molecule has 4 nitrogen and oxygen atoms in total. The molecule has 1 aromatic rings. The normalized spacial score (nSPS) is 13.6. The molecule has 0 amide bonds. The van der Waals surface area contributed by atoms with Crippen molar-refractivity contribution in [1.29, 1.82) is 0 Å². The van der Waals surface area contributed by atoms with Gasteiger partial charge in [0.15, 0.2) is 0 Å². The van der Waals surface area contributed by atoms with Gasteiger partial charge in [-0.3, -0.25) is 9.05 Å². The summed E-state index contributed by atoms with van der Waals surface area (Å²) >= 11 is 5.51. The first-order valence-corrected chi connectivity index (χ1v) is 13.7. The lowest BCUT2D eigenvalue weighted by Crippen LogP contribution is -1.99. The number of benzene rings is 1. The smallest absolute Gasteiger partial charge is 0.302 e. The number of phosphoric acid groups is 1. The van der Waals surface area contributed by atoms with Crippen LogP contribution >= 0.6 is 46.3 Å². The predicted octanol–water partition coefficient (Wildman–Crippen LogP) is 7.26. The highest BCUT2D eigenvalue weighted by Crippen LogP contribution is 2.43. The van der Waals surface area contributed by atoms with E-state index in [9.17, 15) is 9.46 Å². The van der Waals surface area contributed by atoms with Gasteiger partial charge in [-0.05, 0) is 59.5 Å². The second-order valence-electron chi connectivity index (χ2n) is 6.74. The lowest BCUT2D eigenvalue weighted by atomic mass is 10.0. The van der Waals surface area contributed by atoms with Crippen molar-refractivity contribution in [3.05, 3.63) is 33.4 Å². The summed E-state index contributed by atoms with van der Waals surface area (Å²) in [5.74, 6) is 0. The molecule has 0 saturated heterocycles. The Morgan fingerprint density at radius 3 is 2.04 bits per heavy atom. The van der Waals surface area contributed by atoms with E-state index in [4.69, 9.17) is 9.05 Å². The summed E-state index contributed by atoms with van der Waals surface area (Å²) in [6.07, 6.45) is 13.3. The molecule has 1 N–H and O–H groups in total. The minimum absolute atomic E-state index is 0.180. The SMILES string of the molecule is O=P(O)(OCCBr)OCCCCCCCCCCCCc1cccc(I)c1. The summed E-state index contributed by atoms with van der Waals surface area (Å²) in [6, 6.07) is 8.79. The molecule has 1 atom stereocenters. The van der Waals surface area contributed by atoms with Crippen LogP contribution < -0.4 is 0 Å². The Morgan fingerprint density at radius 1 is 0.889 bits per heavy atom. The zero-order valence-corrected chi connectivity index (χ0v) is 20.7. The average Bonchev–Trinajstić information content (AvgIpc) is 2.64. The minimum atomic E-state index is -3.84. The van der Waals surface area contributed by atoms with Crippen molar-refractivity contribution >= 4 is 46.3 Å². The monoisotopic (exact) mass is 574 g/mol. The first-order valence-electron chi connectivity index (χ1n) is 9.96. The Bertz CT molecular complexity index is 544. The van der Waals surface area contributed by atoms with Crippen molar-refractivity contribution in [1.82, 2.24) is 0 Å². The first kappa shape index (κ1) is 25.6. The number of rotatable bonds is 17. The quantitative estimate of drug-likeness (QED) is 0.0920. The summed E-state index contributed by atoms with van der Waals surface area (Å²) in [6.45, 7) is 0.468. The number of hydrogen-bond donors (Lipinski definition) is 1. The van der Waals surface area contributed by atoms with Crippen LogP contribution in [0.3, 0.4) is 0 Å². The van der Waals surface area contributed by atoms with Gasteiger partial charge in [0, 0.05) is 8.90 Å². The van der Waals surface area contributed by atoms with Gasteiger partial charge in [0.2, 0.25) is 0 Å². The van der Waals surface area contributed by atoms with Crippen LogP contribution in [0, 0.1) is 3.57 Å². The summed E-state index contributed by atoms with van der Waals surface area (Å²) in [5, 5.41) is 0.521. The Labute approximate surface area is 186 Å². The lowest BCUT2D eigenvalue weighted by molar-refractivity contribution is 0.154. The fourth-order valence-electron chi connectivity index (χ4n) is 2.90. The number of alkyl halides is 1. The number of aryl methyl sites for hydroxylation is 1. The van der Waals surface area contributed by atoms with Crippen LogP contribution in [0.15, 0.2) is 24.3 Å². The van der Waals surface area contributed by atoms with E-state index in [1.165, 1.54) is 60.5 Å². The van der Waals surface area contributed by atoms with E-state index < -0.39 is 7.82 Å². The Morgan fingerprint density at radius 2 is 1.44 bits per heavy atom. The summed E-state index contributed by atoms with van der Waals surface area (Å²) in [5.41, 5.74) is 1.46. The third-order valence-corrected chi connectivity index (χ3v) is 6.35. The maximum absolute atomic E-state index is 11.4. The molecule has 0 saturated carbocycles. The zero-order valence-electron chi connectivity index (χ0n) is 16.1. The molecule has 0 aromatic heterocycles. The second kappa shape index (κ2) is 16.3. The highest BCUT2D eigenvalue weighted by molar-refractivity contribution is 14.1. The fourth-order valence-corrected chi connectivity index (χ4v) is 4.68. The van der Waals surface area contributed by atoms with E-state index in [0.717, 1.165) is 19.3 Å². The van der Waals surface area contributed by atoms with Gasteiger partial charge in [0.1, 0.15) is 0 Å². The van der Waals surface area contributed by atoms with Gasteiger partial charge in [0.05, 0.1) is 13.2 Å². The summed E-state index contributed by atoms with van der Waals surface area (Å²) in [7, 11) is -3.84. The van der Waals surface area contributed by atoms with Crippen LogP contribution in [-0.4, -0.2) is 23.4 Å². The maximum atomic E-state index is 11.4. The summed E-state index contributed by atoms with van der Waals surface area (Å²) in [4.78, 5) is 9.37. The molecule has 0 bridgehead atoms. The molecule has 0 aliphatic heterocycles. The largest absolute Gasteiger partial charge is 0.472 e. The van der Waals surface area contributed by atoms with Gasteiger partial charge in [-0.2, -0.15) is 0 Å². The first-order chi connectivity index (χ1) is 13.0. The van der Waals surface area contributed by atoms with Crippen molar-refractivity contribution < 1.29 is 18.5 Å². The molecule has 0 spiro atoms. The van der Waals surface area contributed by atoms with Crippen LogP contribution in [0.2, 0.25) is 0 Å². The van der Waals surface area contributed by atoms with E-state index in [-0.39, 0.29) is 13.2 Å². The van der Waals surface area contributed by atoms with Gasteiger partial charge in [-0.15, -0.1) is 0 Å². The van der Waals surface area contributed by atoms with Crippen molar-refractivity contribution in [2.24, 2.45) is 0 Å². The molecule has 0 radical (unpaired) electrons. The third-order valence-electron chi connectivity index (χ3n) is 4.33. The Hall–Kier alpha value is 0.540. The molecule has 0 aliphatic rings. The van der Waals surface area contributed by atoms with Crippen molar-refractivity contribution in [2.45, 2.75) is 70.6 Å². The number of phosphoric ester groups is 1. The zero-order chi connectivity index (χ0) is 19.8. The molecule has 0 aliphatic carbocycles. The molecule has 1 aromatic carbocycles. The Kier molecular flexibility index (Phi) is 15.5.